The Labute approximate surface area is 180 Å². The Morgan fingerprint density at radius 3 is 3.00 bits per heavy atom. The van der Waals surface area contributed by atoms with Crippen LogP contribution in [-0.2, 0) is 16.7 Å². The molecule has 0 spiro atoms. The minimum Gasteiger partial charge on any atom is -0.395 e. The van der Waals surface area contributed by atoms with Crippen molar-refractivity contribution in [3.05, 3.63) is 47.8 Å². The normalized spacial score (nSPS) is 17.1. The fraction of sp³-hybridized carbons (Fsp3) is 0.364. The van der Waals surface area contributed by atoms with Crippen LogP contribution < -0.4 is 10.6 Å². The third-order valence-corrected chi connectivity index (χ3v) is 5.54. The van der Waals surface area contributed by atoms with Crippen LogP contribution in [0, 0.1) is 11.3 Å². The number of benzene rings is 1. The Morgan fingerprint density at radius 2 is 2.23 bits per heavy atom. The largest absolute Gasteiger partial charge is 0.395 e. The molecule has 3 N–H and O–H groups in total. The summed E-state index contributed by atoms with van der Waals surface area (Å²) in [5, 5.41) is 30.4. The highest BCUT2D eigenvalue weighted by Crippen LogP contribution is 2.41. The van der Waals surface area contributed by atoms with Gasteiger partial charge in [-0.25, -0.2) is 14.6 Å². The molecule has 160 valence electrons. The summed E-state index contributed by atoms with van der Waals surface area (Å²) in [5.74, 6) is 1.23. The van der Waals surface area contributed by atoms with Crippen molar-refractivity contribution < 1.29 is 9.84 Å². The first-order valence-corrected chi connectivity index (χ1v) is 10.1. The molecule has 1 atom stereocenters. The molecule has 0 aliphatic carbocycles. The first-order valence-electron chi connectivity index (χ1n) is 10.1. The highest BCUT2D eigenvalue weighted by atomic mass is 16.5. The van der Waals surface area contributed by atoms with Crippen LogP contribution in [0.4, 0.5) is 17.5 Å². The van der Waals surface area contributed by atoms with E-state index in [1.807, 2.05) is 35.9 Å². The van der Waals surface area contributed by atoms with Crippen molar-refractivity contribution in [2.24, 2.45) is 0 Å². The number of hydrogen-bond donors (Lipinski definition) is 3. The predicted molar refractivity (Wildman–Crippen MR) is 117 cm³/mol. The first-order chi connectivity index (χ1) is 15.1. The lowest BCUT2D eigenvalue weighted by Gasteiger charge is -2.21. The maximum atomic E-state index is 9.91. The molecule has 31 heavy (non-hydrogen) atoms. The van der Waals surface area contributed by atoms with E-state index in [9.17, 15) is 10.4 Å². The Bertz CT molecular complexity index is 1120. The Hall–Kier alpha value is -3.48. The maximum Gasteiger partial charge on any atom is 0.228 e. The molecule has 0 saturated heterocycles. The molecule has 3 heterocycles. The number of aliphatic hydroxyl groups excluding tert-OH is 1. The molecule has 9 heteroatoms. The summed E-state index contributed by atoms with van der Waals surface area (Å²) in [7, 11) is 1.68. The van der Waals surface area contributed by atoms with Gasteiger partial charge in [0.2, 0.25) is 5.95 Å². The number of hydrogen-bond acceptors (Lipinski definition) is 8. The number of nitriles is 1. The lowest BCUT2D eigenvalue weighted by molar-refractivity contribution is 0.189. The van der Waals surface area contributed by atoms with E-state index in [1.54, 1.807) is 19.5 Å². The van der Waals surface area contributed by atoms with Gasteiger partial charge < -0.3 is 20.5 Å². The van der Waals surface area contributed by atoms with Crippen molar-refractivity contribution in [1.29, 1.82) is 5.26 Å². The average molecular weight is 419 g/mol. The van der Waals surface area contributed by atoms with Crippen LogP contribution in [0.1, 0.15) is 24.5 Å². The molecular weight excluding hydrogens is 394 g/mol. The van der Waals surface area contributed by atoms with E-state index in [1.165, 1.54) is 0 Å². The number of anilines is 3. The van der Waals surface area contributed by atoms with Crippen LogP contribution in [0.25, 0.3) is 11.3 Å². The summed E-state index contributed by atoms with van der Waals surface area (Å²) < 4.78 is 6.95. The minimum atomic E-state index is -0.445. The topological polar surface area (TPSA) is 121 Å². The number of ether oxygens (including phenoxy) is 1. The second-order valence-electron chi connectivity index (χ2n) is 7.81. The molecule has 1 aliphatic rings. The van der Waals surface area contributed by atoms with E-state index in [0.29, 0.717) is 36.9 Å². The number of rotatable bonds is 8. The van der Waals surface area contributed by atoms with Crippen molar-refractivity contribution in [3.63, 3.8) is 0 Å². The van der Waals surface area contributed by atoms with Crippen LogP contribution in [-0.4, -0.2) is 51.7 Å². The lowest BCUT2D eigenvalue weighted by Crippen LogP contribution is -2.28. The lowest BCUT2D eigenvalue weighted by atomic mass is 9.83. The molecule has 9 nitrogen and oxygen atoms in total. The van der Waals surface area contributed by atoms with E-state index in [4.69, 9.17) is 4.74 Å². The zero-order valence-corrected chi connectivity index (χ0v) is 17.6. The molecular formula is C22H25N7O2. The van der Waals surface area contributed by atoms with Gasteiger partial charge in [-0.3, -0.25) is 0 Å². The van der Waals surface area contributed by atoms with Crippen molar-refractivity contribution in [3.8, 4) is 17.3 Å². The van der Waals surface area contributed by atoms with E-state index < -0.39 is 5.41 Å². The van der Waals surface area contributed by atoms with Gasteiger partial charge in [0, 0.05) is 50.0 Å². The van der Waals surface area contributed by atoms with Gasteiger partial charge in [0.25, 0.3) is 0 Å². The van der Waals surface area contributed by atoms with E-state index >= 15 is 0 Å². The smallest absolute Gasteiger partial charge is 0.228 e. The van der Waals surface area contributed by atoms with Crippen molar-refractivity contribution >= 4 is 17.5 Å². The predicted octanol–water partition coefficient (Wildman–Crippen LogP) is 2.67. The summed E-state index contributed by atoms with van der Waals surface area (Å²) in [6, 6.07) is 9.74. The Kier molecular flexibility index (Phi) is 5.84. The number of aryl methyl sites for hydroxylation is 1. The maximum absolute atomic E-state index is 9.91. The van der Waals surface area contributed by atoms with Crippen LogP contribution in [0.2, 0.25) is 0 Å². The third-order valence-electron chi connectivity index (χ3n) is 5.54. The molecule has 1 aliphatic heterocycles. The number of fused-ring (bicyclic) bond motifs is 1. The van der Waals surface area contributed by atoms with Crippen molar-refractivity contribution in [1.82, 2.24) is 19.7 Å². The van der Waals surface area contributed by atoms with Gasteiger partial charge >= 0.3 is 0 Å². The summed E-state index contributed by atoms with van der Waals surface area (Å²) in [6.07, 6.45) is 4.25. The summed E-state index contributed by atoms with van der Waals surface area (Å²) in [4.78, 5) is 8.98. The third kappa shape index (κ3) is 4.08. The minimum absolute atomic E-state index is 0.00897. The monoisotopic (exact) mass is 419 g/mol. The number of methoxy groups -OCH3 is 1. The molecule has 4 rings (SSSR count). The molecule has 2 aromatic heterocycles. The van der Waals surface area contributed by atoms with E-state index in [2.05, 4.69) is 31.8 Å². The Morgan fingerprint density at radius 1 is 1.35 bits per heavy atom. The van der Waals surface area contributed by atoms with Crippen molar-refractivity contribution in [2.45, 2.75) is 25.3 Å². The number of aliphatic hydroxyl groups is 1. The standard InChI is InChI=1S/C22H25N7O2/c1-22(14-30)13-25-20-16(12-23)10-15(11-17(20)22)18-4-6-24-21(27-18)28-19-5-7-26-29(19)8-3-9-31-2/h4-7,10-11,25,30H,3,8-9,13-14H2,1-2H3,(H,24,27,28). The highest BCUT2D eigenvalue weighted by molar-refractivity contribution is 5.76. The van der Waals surface area contributed by atoms with Crippen LogP contribution in [0.5, 0.6) is 0 Å². The van der Waals surface area contributed by atoms with Gasteiger partial charge in [0.1, 0.15) is 11.9 Å². The fourth-order valence-corrected chi connectivity index (χ4v) is 3.73. The molecule has 0 amide bonds. The number of nitrogens with zero attached hydrogens (tertiary/aromatic N) is 5. The molecule has 0 saturated carbocycles. The average Bonchev–Trinajstić information content (AvgIpc) is 3.38. The molecule has 0 fully saturated rings. The second-order valence-corrected chi connectivity index (χ2v) is 7.81. The van der Waals surface area contributed by atoms with Gasteiger partial charge in [-0.15, -0.1) is 0 Å². The van der Waals surface area contributed by atoms with Gasteiger partial charge in [-0.2, -0.15) is 10.4 Å². The second kappa shape index (κ2) is 8.71. The number of aromatic nitrogens is 4. The van der Waals surface area contributed by atoms with Gasteiger partial charge in [-0.05, 0) is 30.2 Å². The molecule has 0 radical (unpaired) electrons. The summed E-state index contributed by atoms with van der Waals surface area (Å²) in [6.45, 7) is 3.93. The van der Waals surface area contributed by atoms with Gasteiger partial charge in [0.05, 0.1) is 29.7 Å². The van der Waals surface area contributed by atoms with Crippen LogP contribution in [0.3, 0.4) is 0 Å². The van der Waals surface area contributed by atoms with Crippen LogP contribution >= 0.6 is 0 Å². The summed E-state index contributed by atoms with van der Waals surface area (Å²) >= 11 is 0. The summed E-state index contributed by atoms with van der Waals surface area (Å²) in [5.41, 5.74) is 3.30. The van der Waals surface area contributed by atoms with E-state index in [0.717, 1.165) is 29.1 Å². The quantitative estimate of drug-likeness (QED) is 0.477. The van der Waals surface area contributed by atoms with Gasteiger partial charge in [0.15, 0.2) is 0 Å². The SMILES string of the molecule is COCCCn1nccc1Nc1nccc(-c2cc(C#N)c3c(c2)C(C)(CO)CN3)n1. The first kappa shape index (κ1) is 20.8. The number of nitrogens with one attached hydrogen (secondary N) is 2. The van der Waals surface area contributed by atoms with Crippen molar-refractivity contribution in [2.75, 3.05) is 37.5 Å². The zero-order valence-electron chi connectivity index (χ0n) is 17.6. The highest BCUT2D eigenvalue weighted by Gasteiger charge is 2.35. The molecule has 1 aromatic carbocycles. The molecule has 3 aromatic rings. The van der Waals surface area contributed by atoms with E-state index in [-0.39, 0.29) is 6.61 Å². The van der Waals surface area contributed by atoms with Gasteiger partial charge in [-0.1, -0.05) is 6.92 Å². The fourth-order valence-electron chi connectivity index (χ4n) is 3.73. The van der Waals surface area contributed by atoms with Crippen LogP contribution in [0.15, 0.2) is 36.7 Å². The molecule has 0 bridgehead atoms. The molecule has 1 unspecified atom stereocenters. The zero-order chi connectivity index (χ0) is 21.8. The Balaban J connectivity index is 1.64.